The SMILES string of the molecule is Cc1cn2cc(C(=O)NC3CN(Cc4ccccc4)C(C)(C)C3)ccc2n1. The van der Waals surface area contributed by atoms with Gasteiger partial charge in [-0.15, -0.1) is 0 Å². The van der Waals surface area contributed by atoms with Crippen LogP contribution in [0.3, 0.4) is 0 Å². The monoisotopic (exact) mass is 362 g/mol. The number of carbonyl (C=O) groups is 1. The minimum atomic E-state index is -0.0226. The van der Waals surface area contributed by atoms with E-state index >= 15 is 0 Å². The topological polar surface area (TPSA) is 49.6 Å². The molecule has 1 aliphatic heterocycles. The van der Waals surface area contributed by atoms with Crippen LogP contribution in [0.25, 0.3) is 5.65 Å². The lowest BCUT2D eigenvalue weighted by molar-refractivity contribution is 0.0937. The zero-order valence-corrected chi connectivity index (χ0v) is 16.1. The van der Waals surface area contributed by atoms with Crippen molar-refractivity contribution in [3.05, 3.63) is 71.7 Å². The van der Waals surface area contributed by atoms with E-state index in [0.717, 1.165) is 30.9 Å². The van der Waals surface area contributed by atoms with Gasteiger partial charge < -0.3 is 9.72 Å². The molecule has 5 nitrogen and oxygen atoms in total. The van der Waals surface area contributed by atoms with Gasteiger partial charge in [0.25, 0.3) is 5.91 Å². The van der Waals surface area contributed by atoms with E-state index in [2.05, 4.69) is 53.3 Å². The largest absolute Gasteiger partial charge is 0.348 e. The number of benzene rings is 1. The predicted octanol–water partition coefficient (Wildman–Crippen LogP) is 3.43. The number of imidazole rings is 1. The van der Waals surface area contributed by atoms with Crippen molar-refractivity contribution in [3.63, 3.8) is 0 Å². The zero-order chi connectivity index (χ0) is 19.0. The summed E-state index contributed by atoms with van der Waals surface area (Å²) in [6.07, 6.45) is 4.73. The first kappa shape index (κ1) is 17.7. The Kier molecular flexibility index (Phi) is 4.48. The fourth-order valence-electron chi connectivity index (χ4n) is 4.01. The molecular weight excluding hydrogens is 336 g/mol. The Hall–Kier alpha value is -2.66. The summed E-state index contributed by atoms with van der Waals surface area (Å²) in [5.41, 5.74) is 3.83. The average molecular weight is 362 g/mol. The number of hydrogen-bond acceptors (Lipinski definition) is 3. The van der Waals surface area contributed by atoms with Gasteiger partial charge in [-0.1, -0.05) is 30.3 Å². The van der Waals surface area contributed by atoms with Gasteiger partial charge in [-0.3, -0.25) is 9.69 Å². The van der Waals surface area contributed by atoms with Gasteiger partial charge in [-0.05, 0) is 44.9 Å². The molecule has 0 bridgehead atoms. The summed E-state index contributed by atoms with van der Waals surface area (Å²) in [6, 6.07) is 14.4. The summed E-state index contributed by atoms with van der Waals surface area (Å²) in [6.45, 7) is 8.22. The second-order valence-corrected chi connectivity index (χ2v) is 8.12. The molecule has 1 saturated heterocycles. The first-order chi connectivity index (χ1) is 12.9. The highest BCUT2D eigenvalue weighted by Gasteiger charge is 2.38. The first-order valence-electron chi connectivity index (χ1n) is 9.46. The maximum atomic E-state index is 12.8. The fourth-order valence-corrected chi connectivity index (χ4v) is 4.01. The summed E-state index contributed by atoms with van der Waals surface area (Å²) in [5, 5.41) is 3.22. The molecule has 3 aromatic rings. The number of carbonyl (C=O) groups excluding carboxylic acids is 1. The molecule has 0 aliphatic carbocycles. The fraction of sp³-hybridized carbons (Fsp3) is 0.364. The molecule has 140 valence electrons. The lowest BCUT2D eigenvalue weighted by atomic mass is 9.99. The van der Waals surface area contributed by atoms with E-state index < -0.39 is 0 Å². The highest BCUT2D eigenvalue weighted by atomic mass is 16.1. The van der Waals surface area contributed by atoms with Gasteiger partial charge in [0.05, 0.1) is 11.3 Å². The van der Waals surface area contributed by atoms with E-state index in [1.807, 2.05) is 41.9 Å². The zero-order valence-electron chi connectivity index (χ0n) is 16.1. The second kappa shape index (κ2) is 6.82. The van der Waals surface area contributed by atoms with Gasteiger partial charge in [0, 0.05) is 37.1 Å². The number of nitrogens with zero attached hydrogens (tertiary/aromatic N) is 3. The maximum absolute atomic E-state index is 12.8. The Bertz CT molecular complexity index is 961. The third-order valence-corrected chi connectivity index (χ3v) is 5.43. The summed E-state index contributed by atoms with van der Waals surface area (Å²) in [5.74, 6) is -0.0226. The number of aromatic nitrogens is 2. The van der Waals surface area contributed by atoms with Crippen LogP contribution in [0.2, 0.25) is 0 Å². The summed E-state index contributed by atoms with van der Waals surface area (Å²) >= 11 is 0. The normalized spacial score (nSPS) is 19.4. The molecule has 1 aliphatic rings. The number of likely N-dealkylation sites (tertiary alicyclic amines) is 1. The van der Waals surface area contributed by atoms with Crippen molar-refractivity contribution in [2.75, 3.05) is 6.54 Å². The van der Waals surface area contributed by atoms with Crippen LogP contribution in [0.1, 0.15) is 41.9 Å². The van der Waals surface area contributed by atoms with Crippen LogP contribution >= 0.6 is 0 Å². The molecule has 0 saturated carbocycles. The highest BCUT2D eigenvalue weighted by molar-refractivity contribution is 5.94. The van der Waals surface area contributed by atoms with Crippen molar-refractivity contribution < 1.29 is 4.79 Å². The molecule has 1 unspecified atom stereocenters. The molecule has 1 amide bonds. The van der Waals surface area contributed by atoms with Crippen molar-refractivity contribution in [2.24, 2.45) is 0 Å². The molecule has 2 aromatic heterocycles. The third kappa shape index (κ3) is 3.74. The lowest BCUT2D eigenvalue weighted by Crippen LogP contribution is -2.38. The van der Waals surface area contributed by atoms with Gasteiger partial charge in [0.2, 0.25) is 0 Å². The van der Waals surface area contributed by atoms with Crippen LogP contribution in [0.15, 0.2) is 54.9 Å². The average Bonchev–Trinajstić information content (AvgIpc) is 3.13. The molecule has 0 spiro atoms. The molecular formula is C22H26N4O. The Balaban J connectivity index is 1.45. The van der Waals surface area contributed by atoms with Gasteiger partial charge in [0.1, 0.15) is 5.65 Å². The molecule has 1 fully saturated rings. The number of fused-ring (bicyclic) bond motifs is 1. The van der Waals surface area contributed by atoms with Crippen molar-refractivity contribution in [3.8, 4) is 0 Å². The minimum absolute atomic E-state index is 0.0226. The predicted molar refractivity (Wildman–Crippen MR) is 107 cm³/mol. The molecule has 0 radical (unpaired) electrons. The smallest absolute Gasteiger partial charge is 0.253 e. The number of nitrogens with one attached hydrogen (secondary N) is 1. The maximum Gasteiger partial charge on any atom is 0.253 e. The number of rotatable bonds is 4. The number of aryl methyl sites for hydroxylation is 1. The Morgan fingerprint density at radius 3 is 2.74 bits per heavy atom. The van der Waals surface area contributed by atoms with E-state index in [4.69, 9.17) is 0 Å². The van der Waals surface area contributed by atoms with Crippen LogP contribution < -0.4 is 5.32 Å². The molecule has 1 aromatic carbocycles. The summed E-state index contributed by atoms with van der Waals surface area (Å²) in [4.78, 5) is 19.6. The molecule has 4 rings (SSSR count). The van der Waals surface area contributed by atoms with Crippen molar-refractivity contribution >= 4 is 11.6 Å². The molecule has 3 heterocycles. The van der Waals surface area contributed by atoms with Crippen molar-refractivity contribution in [2.45, 2.75) is 45.3 Å². The Morgan fingerprint density at radius 2 is 1.96 bits per heavy atom. The van der Waals surface area contributed by atoms with E-state index in [0.29, 0.717) is 5.56 Å². The van der Waals surface area contributed by atoms with Crippen molar-refractivity contribution in [1.29, 1.82) is 0 Å². The number of amides is 1. The van der Waals surface area contributed by atoms with E-state index in [1.54, 1.807) is 0 Å². The molecule has 27 heavy (non-hydrogen) atoms. The molecule has 1 atom stereocenters. The summed E-state index contributed by atoms with van der Waals surface area (Å²) < 4.78 is 1.91. The highest BCUT2D eigenvalue weighted by Crippen LogP contribution is 2.30. The van der Waals surface area contributed by atoms with E-state index in [1.165, 1.54) is 5.56 Å². The standard InChI is InChI=1S/C22H26N4O/c1-16-12-25-14-18(9-10-20(25)23-16)21(27)24-19-11-22(2,3)26(15-19)13-17-7-5-4-6-8-17/h4-10,12,14,19H,11,13,15H2,1-3H3,(H,24,27). The van der Waals surface area contributed by atoms with Crippen LogP contribution in [-0.2, 0) is 6.54 Å². The van der Waals surface area contributed by atoms with Crippen LogP contribution in [0, 0.1) is 6.92 Å². The van der Waals surface area contributed by atoms with E-state index in [-0.39, 0.29) is 17.5 Å². The van der Waals surface area contributed by atoms with Crippen LogP contribution in [0.4, 0.5) is 0 Å². The first-order valence-corrected chi connectivity index (χ1v) is 9.46. The summed E-state index contributed by atoms with van der Waals surface area (Å²) in [7, 11) is 0. The van der Waals surface area contributed by atoms with Gasteiger partial charge in [-0.2, -0.15) is 0 Å². The lowest BCUT2D eigenvalue weighted by Gasteiger charge is -2.31. The third-order valence-electron chi connectivity index (χ3n) is 5.43. The minimum Gasteiger partial charge on any atom is -0.348 e. The second-order valence-electron chi connectivity index (χ2n) is 8.12. The van der Waals surface area contributed by atoms with Gasteiger partial charge in [-0.25, -0.2) is 4.98 Å². The Labute approximate surface area is 160 Å². The van der Waals surface area contributed by atoms with Crippen LogP contribution in [-0.4, -0.2) is 38.3 Å². The van der Waals surface area contributed by atoms with Crippen LogP contribution in [0.5, 0.6) is 0 Å². The Morgan fingerprint density at radius 1 is 1.19 bits per heavy atom. The van der Waals surface area contributed by atoms with Crippen molar-refractivity contribution in [1.82, 2.24) is 19.6 Å². The quantitative estimate of drug-likeness (QED) is 0.774. The van der Waals surface area contributed by atoms with Gasteiger partial charge in [0.15, 0.2) is 0 Å². The van der Waals surface area contributed by atoms with Gasteiger partial charge >= 0.3 is 0 Å². The van der Waals surface area contributed by atoms with E-state index in [9.17, 15) is 4.79 Å². The molecule has 5 heteroatoms. The number of pyridine rings is 1. The molecule has 1 N–H and O–H groups in total. The number of hydrogen-bond donors (Lipinski definition) is 1.